The smallest absolute Gasteiger partial charge is 0.400 e. The van der Waals surface area contributed by atoms with Crippen molar-refractivity contribution in [2.24, 2.45) is 5.41 Å². The van der Waals surface area contributed by atoms with Crippen LogP contribution in [-0.2, 0) is 17.9 Å². The summed E-state index contributed by atoms with van der Waals surface area (Å²) in [4.78, 5) is 13.9. The second-order valence-electron chi connectivity index (χ2n) is 6.84. The predicted octanol–water partition coefficient (Wildman–Crippen LogP) is 2.50. The number of aromatic nitrogens is 2. The fourth-order valence-corrected chi connectivity index (χ4v) is 3.25. The Morgan fingerprint density at radius 2 is 1.93 bits per heavy atom. The van der Waals surface area contributed by atoms with Crippen molar-refractivity contribution in [1.82, 2.24) is 14.7 Å². The van der Waals surface area contributed by atoms with Crippen molar-refractivity contribution in [2.45, 2.75) is 19.3 Å². The quantitative estimate of drug-likeness (QED) is 0.799. The molecular weight excluding hydrogens is 363 g/mol. The maximum Gasteiger partial charge on any atom is 0.400 e. The number of carbonyl (C=O) groups excluding carboxylic acids is 1. The molecule has 144 valence electrons. The first-order valence-corrected chi connectivity index (χ1v) is 8.56. The van der Waals surface area contributed by atoms with Crippen LogP contribution in [0.3, 0.4) is 0 Å². The van der Waals surface area contributed by atoms with Gasteiger partial charge in [0.2, 0.25) is 0 Å². The summed E-state index contributed by atoms with van der Waals surface area (Å²) < 4.78 is 52.0. The van der Waals surface area contributed by atoms with Crippen LogP contribution in [0.25, 0.3) is 0 Å². The Kier molecular flexibility index (Phi) is 4.33. The van der Waals surface area contributed by atoms with Crippen LogP contribution in [0, 0.1) is 5.41 Å². The third-order valence-corrected chi connectivity index (χ3v) is 4.90. The molecule has 1 saturated heterocycles. The standard InChI is InChI=1S/C18H18F3N3O3/c19-18(20,21)17(11-26-12-17)10-23-6-7-24-15(16(23)25)8-13(22-24)9-27-14-4-2-1-3-5-14/h1-5,8H,6-7,9-12H2. The van der Waals surface area contributed by atoms with Gasteiger partial charge in [-0.15, -0.1) is 0 Å². The van der Waals surface area contributed by atoms with Crippen molar-refractivity contribution >= 4 is 5.91 Å². The third kappa shape index (κ3) is 3.27. The molecule has 4 rings (SSSR count). The molecule has 2 aromatic rings. The minimum absolute atomic E-state index is 0.178. The van der Waals surface area contributed by atoms with E-state index in [1.807, 2.05) is 18.2 Å². The molecule has 1 aromatic heterocycles. The van der Waals surface area contributed by atoms with Crippen molar-refractivity contribution in [2.75, 3.05) is 26.3 Å². The van der Waals surface area contributed by atoms with E-state index in [-0.39, 0.29) is 18.8 Å². The highest BCUT2D eigenvalue weighted by atomic mass is 19.4. The van der Waals surface area contributed by atoms with Crippen molar-refractivity contribution < 1.29 is 27.4 Å². The molecule has 6 nitrogen and oxygen atoms in total. The molecule has 0 saturated carbocycles. The molecule has 1 aromatic carbocycles. The first-order valence-electron chi connectivity index (χ1n) is 8.56. The SMILES string of the molecule is O=C1c2cc(COc3ccccc3)nn2CCN1CC1(C(F)(F)F)COC1. The van der Waals surface area contributed by atoms with E-state index in [1.54, 1.807) is 18.2 Å². The monoisotopic (exact) mass is 381 g/mol. The Balaban J connectivity index is 1.45. The highest BCUT2D eigenvalue weighted by molar-refractivity contribution is 5.93. The molecule has 27 heavy (non-hydrogen) atoms. The van der Waals surface area contributed by atoms with E-state index in [2.05, 4.69) is 5.10 Å². The molecule has 0 bridgehead atoms. The van der Waals surface area contributed by atoms with E-state index < -0.39 is 37.3 Å². The number of ether oxygens (including phenoxy) is 2. The first kappa shape index (κ1) is 17.8. The molecule has 0 unspecified atom stereocenters. The van der Waals surface area contributed by atoms with Gasteiger partial charge in [-0.05, 0) is 18.2 Å². The number of fused-ring (bicyclic) bond motifs is 1. The predicted molar refractivity (Wildman–Crippen MR) is 88.2 cm³/mol. The van der Waals surface area contributed by atoms with Crippen molar-refractivity contribution in [3.05, 3.63) is 47.8 Å². The number of amides is 1. The van der Waals surface area contributed by atoms with Crippen LogP contribution in [-0.4, -0.2) is 53.1 Å². The van der Waals surface area contributed by atoms with E-state index in [9.17, 15) is 18.0 Å². The molecule has 0 aliphatic carbocycles. The molecule has 1 amide bonds. The lowest BCUT2D eigenvalue weighted by Gasteiger charge is -2.45. The first-order chi connectivity index (χ1) is 12.9. The maximum absolute atomic E-state index is 13.3. The van der Waals surface area contributed by atoms with Crippen LogP contribution < -0.4 is 4.74 Å². The summed E-state index contributed by atoms with van der Waals surface area (Å²) in [7, 11) is 0. The second-order valence-corrected chi connectivity index (χ2v) is 6.84. The van der Waals surface area contributed by atoms with E-state index in [4.69, 9.17) is 9.47 Å². The molecule has 0 radical (unpaired) electrons. The zero-order valence-corrected chi connectivity index (χ0v) is 14.4. The number of nitrogens with zero attached hydrogens (tertiary/aromatic N) is 3. The van der Waals surface area contributed by atoms with Crippen molar-refractivity contribution in [1.29, 1.82) is 0 Å². The maximum atomic E-state index is 13.3. The highest BCUT2D eigenvalue weighted by Crippen LogP contribution is 2.45. The Hall–Kier alpha value is -2.55. The largest absolute Gasteiger partial charge is 0.487 e. The van der Waals surface area contributed by atoms with Crippen molar-refractivity contribution in [3.8, 4) is 5.75 Å². The van der Waals surface area contributed by atoms with Gasteiger partial charge in [-0.2, -0.15) is 18.3 Å². The molecule has 0 atom stereocenters. The van der Waals surface area contributed by atoms with E-state index in [1.165, 1.54) is 9.58 Å². The van der Waals surface area contributed by atoms with Crippen molar-refractivity contribution in [3.63, 3.8) is 0 Å². The van der Waals surface area contributed by atoms with Gasteiger partial charge in [-0.25, -0.2) is 0 Å². The van der Waals surface area contributed by atoms with Gasteiger partial charge in [0, 0.05) is 13.1 Å². The van der Waals surface area contributed by atoms with Gasteiger partial charge in [-0.3, -0.25) is 9.48 Å². The summed E-state index contributed by atoms with van der Waals surface area (Å²) in [5, 5.41) is 4.33. The average Bonchev–Trinajstić information content (AvgIpc) is 3.02. The van der Waals surface area contributed by atoms with E-state index in [0.29, 0.717) is 18.0 Å². The minimum atomic E-state index is -4.40. The Labute approximate surface area is 153 Å². The third-order valence-electron chi connectivity index (χ3n) is 4.90. The summed E-state index contributed by atoms with van der Waals surface area (Å²) in [5.74, 6) is 0.226. The van der Waals surface area contributed by atoms with Gasteiger partial charge in [-0.1, -0.05) is 18.2 Å². The molecule has 0 N–H and O–H groups in total. The zero-order valence-electron chi connectivity index (χ0n) is 14.4. The van der Waals surface area contributed by atoms with E-state index >= 15 is 0 Å². The number of alkyl halides is 3. The van der Waals surface area contributed by atoms with Gasteiger partial charge in [0.25, 0.3) is 5.91 Å². The van der Waals surface area contributed by atoms with Gasteiger partial charge < -0.3 is 14.4 Å². The van der Waals surface area contributed by atoms with Crippen LogP contribution in [0.2, 0.25) is 0 Å². The summed E-state index contributed by atoms with van der Waals surface area (Å²) in [6.45, 7) is -0.495. The van der Waals surface area contributed by atoms with Crippen LogP contribution >= 0.6 is 0 Å². The zero-order chi connectivity index (χ0) is 19.1. The lowest BCUT2D eigenvalue weighted by Crippen LogP contribution is -2.61. The number of rotatable bonds is 5. The fourth-order valence-electron chi connectivity index (χ4n) is 3.25. The number of para-hydroxylation sites is 1. The van der Waals surface area contributed by atoms with Crippen LogP contribution in [0.15, 0.2) is 36.4 Å². The summed E-state index contributed by atoms with van der Waals surface area (Å²) >= 11 is 0. The molecule has 1 fully saturated rings. The van der Waals surface area contributed by atoms with Crippen LogP contribution in [0.5, 0.6) is 5.75 Å². The Morgan fingerprint density at radius 3 is 2.56 bits per heavy atom. The molecule has 2 aliphatic heterocycles. The van der Waals surface area contributed by atoms with E-state index in [0.717, 1.165) is 0 Å². The highest BCUT2D eigenvalue weighted by Gasteiger charge is 2.61. The lowest BCUT2D eigenvalue weighted by molar-refractivity contribution is -0.305. The number of hydrogen-bond donors (Lipinski definition) is 0. The van der Waals surface area contributed by atoms with Gasteiger partial charge in [0.05, 0.1) is 19.8 Å². The number of benzene rings is 1. The fraction of sp³-hybridized carbons (Fsp3) is 0.444. The molecular formula is C18H18F3N3O3. The molecule has 0 spiro atoms. The Bertz CT molecular complexity index is 831. The van der Waals surface area contributed by atoms with Crippen LogP contribution in [0.4, 0.5) is 13.2 Å². The summed E-state index contributed by atoms with van der Waals surface area (Å²) in [6, 6.07) is 10.7. The van der Waals surface area contributed by atoms with Gasteiger partial charge in [0.15, 0.2) is 0 Å². The second kappa shape index (κ2) is 6.56. The normalized spacial score (nSPS) is 18.8. The topological polar surface area (TPSA) is 56.6 Å². The number of hydrogen-bond acceptors (Lipinski definition) is 4. The number of halogens is 3. The summed E-state index contributed by atoms with van der Waals surface area (Å²) in [6.07, 6.45) is -4.40. The Morgan fingerprint density at radius 1 is 1.19 bits per heavy atom. The van der Waals surface area contributed by atoms with Crippen LogP contribution in [0.1, 0.15) is 16.2 Å². The average molecular weight is 381 g/mol. The summed E-state index contributed by atoms with van der Waals surface area (Å²) in [5.41, 5.74) is -1.13. The molecule has 9 heteroatoms. The van der Waals surface area contributed by atoms with Gasteiger partial charge >= 0.3 is 6.18 Å². The number of carbonyl (C=O) groups is 1. The van der Waals surface area contributed by atoms with Gasteiger partial charge in [0.1, 0.15) is 29.2 Å². The molecule has 2 aliphatic rings. The lowest BCUT2D eigenvalue weighted by atomic mass is 9.84. The minimum Gasteiger partial charge on any atom is -0.487 e. The molecule has 3 heterocycles.